The van der Waals surface area contributed by atoms with Crippen molar-refractivity contribution in [2.75, 3.05) is 26.1 Å². The van der Waals surface area contributed by atoms with Crippen LogP contribution in [0.25, 0.3) is 0 Å². The Kier molecular flexibility index (Phi) is 4.99. The number of aliphatic imine (C=N–C) groups is 1. The van der Waals surface area contributed by atoms with Crippen LogP contribution in [0.4, 0.5) is 5.69 Å². The molecular formula is C19H21ClN2O. The maximum atomic E-state index is 6.20. The zero-order chi connectivity index (χ0) is 16.1. The number of nitrogens with zero attached hydrogens (tertiary/aromatic N) is 2. The number of halogens is 1. The molecule has 1 heterocycles. The first-order chi connectivity index (χ1) is 11.2. The SMILES string of the molecule is COc1ccc(N=CC2(CCl)CN(Cc3ccccc3)C2)cc1. The summed E-state index contributed by atoms with van der Waals surface area (Å²) in [7, 11) is 1.66. The number of rotatable bonds is 6. The summed E-state index contributed by atoms with van der Waals surface area (Å²) in [6.45, 7) is 2.87. The summed E-state index contributed by atoms with van der Waals surface area (Å²) in [5.41, 5.74) is 2.25. The average molecular weight is 329 g/mol. The lowest BCUT2D eigenvalue weighted by molar-refractivity contribution is 0.0683. The van der Waals surface area contributed by atoms with Gasteiger partial charge in [0.25, 0.3) is 0 Å². The minimum absolute atomic E-state index is 0.0176. The Hall–Kier alpha value is -1.84. The monoisotopic (exact) mass is 328 g/mol. The third-order valence-electron chi connectivity index (χ3n) is 4.15. The van der Waals surface area contributed by atoms with Crippen LogP contribution in [0.2, 0.25) is 0 Å². The molecule has 0 radical (unpaired) electrons. The molecule has 1 aliphatic heterocycles. The van der Waals surface area contributed by atoms with Crippen LogP contribution in [0.15, 0.2) is 59.6 Å². The molecular weight excluding hydrogens is 308 g/mol. The molecule has 0 atom stereocenters. The van der Waals surface area contributed by atoms with Crippen molar-refractivity contribution < 1.29 is 4.74 Å². The number of benzene rings is 2. The molecule has 4 heteroatoms. The summed E-state index contributed by atoms with van der Waals surface area (Å²) in [5, 5.41) is 0. The van der Waals surface area contributed by atoms with E-state index in [0.717, 1.165) is 31.1 Å². The largest absolute Gasteiger partial charge is 0.497 e. The lowest BCUT2D eigenvalue weighted by atomic mass is 9.82. The molecule has 0 amide bonds. The molecule has 0 unspecified atom stereocenters. The number of hydrogen-bond donors (Lipinski definition) is 0. The molecule has 2 aromatic carbocycles. The zero-order valence-corrected chi connectivity index (χ0v) is 14.0. The Balaban J connectivity index is 1.59. The van der Waals surface area contributed by atoms with Crippen molar-refractivity contribution in [1.29, 1.82) is 0 Å². The van der Waals surface area contributed by atoms with Crippen LogP contribution < -0.4 is 4.74 Å². The van der Waals surface area contributed by atoms with Crippen LogP contribution in [0.3, 0.4) is 0 Å². The summed E-state index contributed by atoms with van der Waals surface area (Å²) in [4.78, 5) is 7.00. The van der Waals surface area contributed by atoms with E-state index in [2.05, 4.69) is 34.2 Å². The maximum Gasteiger partial charge on any atom is 0.119 e. The molecule has 0 aliphatic carbocycles. The van der Waals surface area contributed by atoms with Crippen molar-refractivity contribution in [3.63, 3.8) is 0 Å². The van der Waals surface area contributed by atoms with Gasteiger partial charge in [0, 0.05) is 37.1 Å². The Labute approximate surface area is 142 Å². The first-order valence-corrected chi connectivity index (χ1v) is 8.28. The summed E-state index contributed by atoms with van der Waals surface area (Å²) < 4.78 is 5.16. The molecule has 0 spiro atoms. The third kappa shape index (κ3) is 3.92. The minimum Gasteiger partial charge on any atom is -0.497 e. The molecule has 3 rings (SSSR count). The van der Waals surface area contributed by atoms with E-state index in [-0.39, 0.29) is 5.41 Å². The first kappa shape index (κ1) is 16.0. The molecule has 120 valence electrons. The van der Waals surface area contributed by atoms with Gasteiger partial charge in [-0.25, -0.2) is 0 Å². The standard InChI is InChI=1S/C19H21ClN2O/c1-23-18-9-7-17(8-10-18)21-13-19(12-20)14-22(15-19)11-16-5-3-2-4-6-16/h2-10,13H,11-12,14-15H2,1H3. The van der Waals surface area contributed by atoms with Gasteiger partial charge in [-0.15, -0.1) is 11.6 Å². The normalized spacial score (nSPS) is 17.1. The predicted octanol–water partition coefficient (Wildman–Crippen LogP) is 4.14. The summed E-state index contributed by atoms with van der Waals surface area (Å²) in [6.07, 6.45) is 2.02. The number of methoxy groups -OCH3 is 1. The second-order valence-electron chi connectivity index (χ2n) is 6.08. The highest BCUT2D eigenvalue weighted by atomic mass is 35.5. The summed E-state index contributed by atoms with van der Waals surface area (Å²) >= 11 is 6.20. The zero-order valence-electron chi connectivity index (χ0n) is 13.3. The second-order valence-corrected chi connectivity index (χ2v) is 6.35. The second kappa shape index (κ2) is 7.16. The minimum atomic E-state index is -0.0176. The van der Waals surface area contributed by atoms with E-state index < -0.39 is 0 Å². The highest BCUT2D eigenvalue weighted by Crippen LogP contribution is 2.32. The van der Waals surface area contributed by atoms with E-state index in [1.54, 1.807) is 7.11 Å². The molecule has 0 aromatic heterocycles. The van der Waals surface area contributed by atoms with Crippen molar-refractivity contribution in [1.82, 2.24) is 4.90 Å². The Morgan fingerprint density at radius 3 is 2.43 bits per heavy atom. The van der Waals surface area contributed by atoms with E-state index in [0.29, 0.717) is 5.88 Å². The molecule has 0 saturated carbocycles. The lowest BCUT2D eigenvalue weighted by Gasteiger charge is -2.47. The fourth-order valence-electron chi connectivity index (χ4n) is 2.88. The van der Waals surface area contributed by atoms with Crippen LogP contribution in [0, 0.1) is 5.41 Å². The molecule has 1 saturated heterocycles. The molecule has 1 fully saturated rings. The molecule has 0 N–H and O–H groups in total. The van der Waals surface area contributed by atoms with Crippen molar-refractivity contribution >= 4 is 23.5 Å². The van der Waals surface area contributed by atoms with Crippen LogP contribution >= 0.6 is 11.6 Å². The van der Waals surface area contributed by atoms with E-state index >= 15 is 0 Å². The van der Waals surface area contributed by atoms with Crippen molar-refractivity contribution in [3.8, 4) is 5.75 Å². The number of ether oxygens (including phenoxy) is 1. The van der Waals surface area contributed by atoms with Crippen LogP contribution in [-0.2, 0) is 6.54 Å². The third-order valence-corrected chi connectivity index (χ3v) is 4.68. The summed E-state index contributed by atoms with van der Waals surface area (Å²) in [5.74, 6) is 1.44. The molecule has 3 nitrogen and oxygen atoms in total. The summed E-state index contributed by atoms with van der Waals surface area (Å²) in [6, 6.07) is 18.3. The number of hydrogen-bond acceptors (Lipinski definition) is 3. The Morgan fingerprint density at radius 1 is 1.13 bits per heavy atom. The fourth-order valence-corrected chi connectivity index (χ4v) is 3.12. The molecule has 23 heavy (non-hydrogen) atoms. The van der Waals surface area contributed by atoms with Crippen LogP contribution in [0.1, 0.15) is 5.56 Å². The van der Waals surface area contributed by atoms with E-state index in [1.165, 1.54) is 5.56 Å². The number of alkyl halides is 1. The van der Waals surface area contributed by atoms with Gasteiger partial charge in [0.15, 0.2) is 0 Å². The van der Waals surface area contributed by atoms with E-state index in [4.69, 9.17) is 16.3 Å². The Bertz CT molecular complexity index is 649. The van der Waals surface area contributed by atoms with Gasteiger partial charge in [-0.3, -0.25) is 9.89 Å². The van der Waals surface area contributed by atoms with Crippen LogP contribution in [0.5, 0.6) is 5.75 Å². The average Bonchev–Trinajstić information content (AvgIpc) is 2.58. The van der Waals surface area contributed by atoms with Gasteiger partial charge in [0.2, 0.25) is 0 Å². The van der Waals surface area contributed by atoms with Crippen LogP contribution in [-0.4, -0.2) is 37.2 Å². The van der Waals surface area contributed by atoms with Gasteiger partial charge in [-0.1, -0.05) is 30.3 Å². The molecule has 1 aliphatic rings. The maximum absolute atomic E-state index is 6.20. The lowest BCUT2D eigenvalue weighted by Crippen LogP contribution is -2.57. The van der Waals surface area contributed by atoms with E-state index in [9.17, 15) is 0 Å². The first-order valence-electron chi connectivity index (χ1n) is 7.75. The van der Waals surface area contributed by atoms with Gasteiger partial charge in [-0.2, -0.15) is 0 Å². The Morgan fingerprint density at radius 2 is 1.83 bits per heavy atom. The highest BCUT2D eigenvalue weighted by molar-refractivity contribution is 6.19. The molecule has 2 aromatic rings. The van der Waals surface area contributed by atoms with Gasteiger partial charge in [0.05, 0.1) is 12.8 Å². The van der Waals surface area contributed by atoms with Gasteiger partial charge in [0.1, 0.15) is 5.75 Å². The quantitative estimate of drug-likeness (QED) is 0.588. The topological polar surface area (TPSA) is 24.8 Å². The smallest absolute Gasteiger partial charge is 0.119 e. The van der Waals surface area contributed by atoms with Crippen molar-refractivity contribution in [2.24, 2.45) is 10.4 Å². The number of likely N-dealkylation sites (tertiary alicyclic amines) is 1. The predicted molar refractivity (Wildman–Crippen MR) is 96.0 cm³/mol. The van der Waals surface area contributed by atoms with E-state index in [1.807, 2.05) is 36.5 Å². The van der Waals surface area contributed by atoms with Gasteiger partial charge < -0.3 is 4.74 Å². The van der Waals surface area contributed by atoms with Crippen molar-refractivity contribution in [3.05, 3.63) is 60.2 Å². The highest BCUT2D eigenvalue weighted by Gasteiger charge is 2.40. The van der Waals surface area contributed by atoms with Crippen molar-refractivity contribution in [2.45, 2.75) is 6.54 Å². The molecule has 0 bridgehead atoms. The van der Waals surface area contributed by atoms with Gasteiger partial charge >= 0.3 is 0 Å². The fraction of sp³-hybridized carbons (Fsp3) is 0.316. The van der Waals surface area contributed by atoms with Gasteiger partial charge in [-0.05, 0) is 29.8 Å².